The number of piperidine rings is 1. The van der Waals surface area contributed by atoms with Crippen LogP contribution in [0.1, 0.15) is 31.9 Å². The van der Waals surface area contributed by atoms with Crippen molar-refractivity contribution in [2.45, 2.75) is 32.6 Å². The Hall–Kier alpha value is -3.36. The van der Waals surface area contributed by atoms with Gasteiger partial charge in [-0.2, -0.15) is 14.6 Å². The van der Waals surface area contributed by atoms with E-state index in [9.17, 15) is 4.79 Å². The molecule has 0 radical (unpaired) electrons. The van der Waals surface area contributed by atoms with Gasteiger partial charge in [0.05, 0.1) is 5.92 Å². The van der Waals surface area contributed by atoms with Gasteiger partial charge in [-0.25, -0.2) is 4.98 Å². The first kappa shape index (κ1) is 18.7. The van der Waals surface area contributed by atoms with E-state index < -0.39 is 0 Å². The van der Waals surface area contributed by atoms with Crippen molar-refractivity contribution in [1.29, 1.82) is 0 Å². The molecule has 2 aromatic heterocycles. The number of carbonyl (C=O) groups is 1. The molecule has 5 rings (SSSR count). The zero-order valence-corrected chi connectivity index (χ0v) is 16.9. The summed E-state index contributed by atoms with van der Waals surface area (Å²) in [6.07, 6.45) is 5.20. The molecule has 2 aliphatic rings. The van der Waals surface area contributed by atoms with Gasteiger partial charge in [-0.05, 0) is 31.4 Å². The minimum atomic E-state index is -0.120. The van der Waals surface area contributed by atoms with Gasteiger partial charge in [0.25, 0.3) is 5.78 Å². The molecule has 4 heterocycles. The lowest BCUT2D eigenvalue weighted by molar-refractivity contribution is -0.120. The number of benzene rings is 1. The monoisotopic (exact) mass is 408 g/mol. The SMILES string of the molecule is CCCc1cc(N2CCC[C@@H](C(=O)Nc3ccc4c(c3)OCO4)C2)n2ncnc2n1. The van der Waals surface area contributed by atoms with Crippen LogP contribution in [0.15, 0.2) is 30.6 Å². The molecule has 1 aromatic carbocycles. The number of nitrogens with one attached hydrogen (secondary N) is 1. The lowest BCUT2D eigenvalue weighted by atomic mass is 9.97. The number of ether oxygens (including phenoxy) is 2. The maximum atomic E-state index is 13.0. The Balaban J connectivity index is 1.34. The van der Waals surface area contributed by atoms with Crippen LogP contribution >= 0.6 is 0 Å². The molecule has 1 amide bonds. The summed E-state index contributed by atoms with van der Waals surface area (Å²) >= 11 is 0. The molecule has 0 saturated carbocycles. The quantitative estimate of drug-likeness (QED) is 0.694. The molecular weight excluding hydrogens is 384 g/mol. The van der Waals surface area contributed by atoms with E-state index in [4.69, 9.17) is 9.47 Å². The van der Waals surface area contributed by atoms with Crippen LogP contribution in [0, 0.1) is 5.92 Å². The molecule has 0 spiro atoms. The fraction of sp³-hybridized carbons (Fsp3) is 0.429. The van der Waals surface area contributed by atoms with Crippen LogP contribution in [0.2, 0.25) is 0 Å². The van der Waals surface area contributed by atoms with E-state index in [1.807, 2.05) is 12.1 Å². The number of carbonyl (C=O) groups excluding carboxylic acids is 1. The van der Waals surface area contributed by atoms with Crippen molar-refractivity contribution in [1.82, 2.24) is 19.6 Å². The van der Waals surface area contributed by atoms with E-state index in [0.29, 0.717) is 29.5 Å². The highest BCUT2D eigenvalue weighted by molar-refractivity contribution is 5.93. The molecule has 30 heavy (non-hydrogen) atoms. The van der Waals surface area contributed by atoms with Crippen molar-refractivity contribution >= 4 is 23.2 Å². The van der Waals surface area contributed by atoms with Crippen LogP contribution < -0.4 is 19.7 Å². The van der Waals surface area contributed by atoms with Crippen molar-refractivity contribution in [3.63, 3.8) is 0 Å². The van der Waals surface area contributed by atoms with Crippen LogP contribution in [0.4, 0.5) is 11.5 Å². The standard InChI is InChI=1S/C21H24N6O3/c1-2-4-15-10-19(27-21(25-15)22-12-23-27)26-8-3-5-14(11-26)20(28)24-16-6-7-17-18(9-16)30-13-29-17/h6-7,9-10,12,14H,2-5,8,11,13H2,1H3,(H,24,28)/t14-/m1/s1. The number of amides is 1. The predicted octanol–water partition coefficient (Wildman–Crippen LogP) is 2.66. The van der Waals surface area contributed by atoms with Crippen LogP contribution in [0.25, 0.3) is 5.78 Å². The van der Waals surface area contributed by atoms with Gasteiger partial charge in [0, 0.05) is 36.6 Å². The number of aromatic nitrogens is 4. The van der Waals surface area contributed by atoms with Gasteiger partial charge in [0.1, 0.15) is 12.1 Å². The zero-order valence-electron chi connectivity index (χ0n) is 16.9. The smallest absolute Gasteiger partial charge is 0.254 e. The molecule has 156 valence electrons. The minimum absolute atomic E-state index is 0.0104. The average Bonchev–Trinajstić information content (AvgIpc) is 3.42. The van der Waals surface area contributed by atoms with E-state index in [-0.39, 0.29) is 18.6 Å². The average molecular weight is 408 g/mol. The highest BCUT2D eigenvalue weighted by Gasteiger charge is 2.28. The Bertz CT molecular complexity index is 1080. The van der Waals surface area contributed by atoms with Crippen molar-refractivity contribution in [2.75, 3.05) is 30.1 Å². The van der Waals surface area contributed by atoms with E-state index >= 15 is 0 Å². The molecule has 0 unspecified atom stereocenters. The summed E-state index contributed by atoms with van der Waals surface area (Å²) in [5, 5.41) is 7.37. The normalized spacial score (nSPS) is 18.0. The molecule has 9 nitrogen and oxygen atoms in total. The maximum absolute atomic E-state index is 13.0. The Morgan fingerprint density at radius 2 is 2.17 bits per heavy atom. The molecule has 2 aliphatic heterocycles. The van der Waals surface area contributed by atoms with Crippen LogP contribution in [0.3, 0.4) is 0 Å². The van der Waals surface area contributed by atoms with Crippen molar-refractivity contribution in [2.24, 2.45) is 5.92 Å². The van der Waals surface area contributed by atoms with E-state index in [0.717, 1.165) is 43.7 Å². The predicted molar refractivity (Wildman–Crippen MR) is 111 cm³/mol. The highest BCUT2D eigenvalue weighted by atomic mass is 16.7. The third kappa shape index (κ3) is 3.51. The largest absolute Gasteiger partial charge is 0.454 e. The Morgan fingerprint density at radius 1 is 1.27 bits per heavy atom. The summed E-state index contributed by atoms with van der Waals surface area (Å²) in [5.41, 5.74) is 1.72. The molecule has 0 bridgehead atoms. The molecule has 1 N–H and O–H groups in total. The van der Waals surface area contributed by atoms with Gasteiger partial charge in [-0.1, -0.05) is 13.3 Å². The fourth-order valence-electron chi connectivity index (χ4n) is 4.07. The van der Waals surface area contributed by atoms with Crippen molar-refractivity contribution < 1.29 is 14.3 Å². The molecule has 3 aromatic rings. The first-order valence-electron chi connectivity index (χ1n) is 10.4. The van der Waals surface area contributed by atoms with Crippen LogP contribution in [-0.4, -0.2) is 45.4 Å². The number of aryl methyl sites for hydroxylation is 1. The van der Waals surface area contributed by atoms with Crippen molar-refractivity contribution in [3.8, 4) is 11.5 Å². The fourth-order valence-corrected chi connectivity index (χ4v) is 4.07. The van der Waals surface area contributed by atoms with Gasteiger partial charge in [-0.3, -0.25) is 4.79 Å². The Kier molecular flexibility index (Phi) is 4.86. The van der Waals surface area contributed by atoms with Gasteiger partial charge >= 0.3 is 0 Å². The first-order chi connectivity index (χ1) is 14.7. The maximum Gasteiger partial charge on any atom is 0.254 e. The number of nitrogens with zero attached hydrogens (tertiary/aromatic N) is 5. The number of anilines is 2. The molecule has 1 atom stereocenters. The Morgan fingerprint density at radius 3 is 3.07 bits per heavy atom. The summed E-state index contributed by atoms with van der Waals surface area (Å²) in [6.45, 7) is 3.85. The van der Waals surface area contributed by atoms with E-state index in [1.54, 1.807) is 10.6 Å². The zero-order chi connectivity index (χ0) is 20.5. The number of hydrogen-bond acceptors (Lipinski definition) is 7. The lowest BCUT2D eigenvalue weighted by Crippen LogP contribution is -2.41. The molecule has 1 saturated heterocycles. The van der Waals surface area contributed by atoms with Gasteiger partial charge in [-0.15, -0.1) is 0 Å². The topological polar surface area (TPSA) is 93.9 Å². The first-order valence-corrected chi connectivity index (χ1v) is 10.4. The van der Waals surface area contributed by atoms with Gasteiger partial charge in [0.2, 0.25) is 12.7 Å². The number of rotatable bonds is 5. The van der Waals surface area contributed by atoms with Gasteiger partial charge < -0.3 is 19.7 Å². The second-order valence-corrected chi connectivity index (χ2v) is 7.67. The minimum Gasteiger partial charge on any atom is -0.454 e. The molecule has 0 aliphatic carbocycles. The number of hydrogen-bond donors (Lipinski definition) is 1. The van der Waals surface area contributed by atoms with E-state index in [2.05, 4.69) is 38.3 Å². The summed E-state index contributed by atoms with van der Waals surface area (Å²) in [4.78, 5) is 24.0. The summed E-state index contributed by atoms with van der Waals surface area (Å²) < 4.78 is 12.5. The second kappa shape index (κ2) is 7.81. The molecule has 1 fully saturated rings. The third-order valence-electron chi connectivity index (χ3n) is 5.55. The lowest BCUT2D eigenvalue weighted by Gasteiger charge is -2.33. The second-order valence-electron chi connectivity index (χ2n) is 7.67. The Labute approximate surface area is 174 Å². The summed E-state index contributed by atoms with van der Waals surface area (Å²) in [6, 6.07) is 7.53. The van der Waals surface area contributed by atoms with Crippen LogP contribution in [0.5, 0.6) is 11.5 Å². The number of fused-ring (bicyclic) bond motifs is 2. The van der Waals surface area contributed by atoms with Crippen molar-refractivity contribution in [3.05, 3.63) is 36.3 Å². The van der Waals surface area contributed by atoms with Crippen LogP contribution in [-0.2, 0) is 11.2 Å². The third-order valence-corrected chi connectivity index (χ3v) is 5.55. The molecule has 9 heteroatoms. The van der Waals surface area contributed by atoms with Gasteiger partial charge in [0.15, 0.2) is 11.5 Å². The summed E-state index contributed by atoms with van der Waals surface area (Å²) in [5.74, 6) is 2.80. The van der Waals surface area contributed by atoms with E-state index in [1.165, 1.54) is 6.33 Å². The highest BCUT2D eigenvalue weighted by Crippen LogP contribution is 2.34. The summed E-state index contributed by atoms with van der Waals surface area (Å²) in [7, 11) is 0. The molecular formula is C21H24N6O3.